The number of ether oxygens (including phenoxy) is 2. The third kappa shape index (κ3) is 5.27. The van der Waals surface area contributed by atoms with Gasteiger partial charge >= 0.3 is 0 Å². The van der Waals surface area contributed by atoms with E-state index in [0.29, 0.717) is 18.8 Å². The van der Waals surface area contributed by atoms with Gasteiger partial charge in [0.1, 0.15) is 11.5 Å². The van der Waals surface area contributed by atoms with Crippen molar-refractivity contribution in [2.75, 3.05) is 26.8 Å². The van der Waals surface area contributed by atoms with E-state index >= 15 is 0 Å². The number of rotatable bonds is 8. The number of nitrogens with one attached hydrogen (secondary N) is 1. The molecule has 1 fully saturated rings. The Labute approximate surface area is 171 Å². The van der Waals surface area contributed by atoms with Gasteiger partial charge in [-0.05, 0) is 61.7 Å². The predicted molar refractivity (Wildman–Crippen MR) is 109 cm³/mol. The molecule has 0 aliphatic carbocycles. The monoisotopic (exact) mass is 418 g/mol. The summed E-state index contributed by atoms with van der Waals surface area (Å²) in [6.07, 6.45) is 1.79. The van der Waals surface area contributed by atoms with E-state index in [1.54, 1.807) is 19.2 Å². The van der Waals surface area contributed by atoms with E-state index in [1.165, 1.54) is 16.4 Å². The van der Waals surface area contributed by atoms with Crippen molar-refractivity contribution in [2.45, 2.75) is 30.7 Å². The summed E-state index contributed by atoms with van der Waals surface area (Å²) >= 11 is 0. The summed E-state index contributed by atoms with van der Waals surface area (Å²) in [5.74, 6) is 0.936. The number of amides is 1. The van der Waals surface area contributed by atoms with Crippen molar-refractivity contribution in [1.82, 2.24) is 9.62 Å². The molecule has 2 aromatic rings. The maximum absolute atomic E-state index is 12.5. The summed E-state index contributed by atoms with van der Waals surface area (Å²) < 4.78 is 37.2. The first kappa shape index (κ1) is 21.1. The average Bonchev–Trinajstić information content (AvgIpc) is 3.28. The Hall–Kier alpha value is -2.58. The van der Waals surface area contributed by atoms with Gasteiger partial charge in [-0.15, -0.1) is 0 Å². The summed E-state index contributed by atoms with van der Waals surface area (Å²) in [6.45, 7) is 2.86. The lowest BCUT2D eigenvalue weighted by Crippen LogP contribution is -2.31. The minimum Gasteiger partial charge on any atom is -0.497 e. The maximum Gasteiger partial charge on any atom is 0.258 e. The average molecular weight is 419 g/mol. The highest BCUT2D eigenvalue weighted by Crippen LogP contribution is 2.23. The number of methoxy groups -OCH3 is 1. The van der Waals surface area contributed by atoms with Crippen molar-refractivity contribution >= 4 is 15.9 Å². The summed E-state index contributed by atoms with van der Waals surface area (Å²) in [6, 6.07) is 13.5. The van der Waals surface area contributed by atoms with Crippen LogP contribution in [0.2, 0.25) is 0 Å². The van der Waals surface area contributed by atoms with Crippen molar-refractivity contribution in [1.29, 1.82) is 0 Å². The zero-order valence-corrected chi connectivity index (χ0v) is 17.4. The summed E-state index contributed by atoms with van der Waals surface area (Å²) in [7, 11) is -1.85. The van der Waals surface area contributed by atoms with E-state index in [0.717, 1.165) is 24.2 Å². The Morgan fingerprint density at radius 1 is 1.03 bits per heavy atom. The number of carbonyl (C=O) groups is 1. The van der Waals surface area contributed by atoms with Crippen LogP contribution in [0.15, 0.2) is 53.4 Å². The number of nitrogens with zero attached hydrogens (tertiary/aromatic N) is 1. The Bertz CT molecular complexity index is 921. The number of benzene rings is 2. The normalized spacial score (nSPS) is 15.7. The molecule has 2 aromatic carbocycles. The van der Waals surface area contributed by atoms with Crippen LogP contribution in [-0.4, -0.2) is 45.4 Å². The first-order valence-electron chi connectivity index (χ1n) is 9.56. The molecule has 1 N–H and O–H groups in total. The van der Waals surface area contributed by atoms with Crippen LogP contribution in [-0.2, 0) is 14.8 Å². The minimum atomic E-state index is -3.45. The molecule has 1 aliphatic heterocycles. The molecule has 3 rings (SSSR count). The second kappa shape index (κ2) is 9.28. The molecule has 0 radical (unpaired) electrons. The molecule has 7 nitrogen and oxygen atoms in total. The van der Waals surface area contributed by atoms with Gasteiger partial charge in [-0.3, -0.25) is 4.79 Å². The summed E-state index contributed by atoms with van der Waals surface area (Å²) in [5, 5.41) is 2.87. The highest BCUT2D eigenvalue weighted by molar-refractivity contribution is 7.89. The summed E-state index contributed by atoms with van der Waals surface area (Å²) in [4.78, 5) is 12.4. The van der Waals surface area contributed by atoms with Crippen molar-refractivity contribution in [3.05, 3.63) is 54.1 Å². The van der Waals surface area contributed by atoms with Crippen molar-refractivity contribution < 1.29 is 22.7 Å². The van der Waals surface area contributed by atoms with Crippen molar-refractivity contribution in [3.8, 4) is 11.5 Å². The first-order valence-corrected chi connectivity index (χ1v) is 11.0. The Morgan fingerprint density at radius 2 is 1.62 bits per heavy atom. The van der Waals surface area contributed by atoms with Crippen LogP contribution in [0.25, 0.3) is 0 Å². The number of hydrogen-bond donors (Lipinski definition) is 1. The second-order valence-electron chi connectivity index (χ2n) is 6.93. The fraction of sp³-hybridized carbons (Fsp3) is 0.381. The second-order valence-corrected chi connectivity index (χ2v) is 8.87. The quantitative estimate of drug-likeness (QED) is 0.713. The van der Waals surface area contributed by atoms with Gasteiger partial charge in [0.05, 0.1) is 18.0 Å². The molecule has 0 spiro atoms. The van der Waals surface area contributed by atoms with E-state index in [4.69, 9.17) is 9.47 Å². The molecule has 29 heavy (non-hydrogen) atoms. The largest absolute Gasteiger partial charge is 0.497 e. The van der Waals surface area contributed by atoms with Crippen molar-refractivity contribution in [2.24, 2.45) is 0 Å². The topological polar surface area (TPSA) is 84.9 Å². The molecule has 156 valence electrons. The van der Waals surface area contributed by atoms with E-state index in [9.17, 15) is 13.2 Å². The number of carbonyl (C=O) groups excluding carboxylic acids is 1. The molecular formula is C21H26N2O5S. The van der Waals surface area contributed by atoms with E-state index in [1.807, 2.05) is 31.2 Å². The Kier molecular flexibility index (Phi) is 6.76. The molecule has 1 heterocycles. The van der Waals surface area contributed by atoms with Gasteiger partial charge < -0.3 is 14.8 Å². The molecule has 0 unspecified atom stereocenters. The van der Waals surface area contributed by atoms with E-state index in [2.05, 4.69) is 5.32 Å². The third-order valence-corrected chi connectivity index (χ3v) is 6.80. The zero-order chi connectivity index (χ0) is 20.9. The smallest absolute Gasteiger partial charge is 0.258 e. The van der Waals surface area contributed by atoms with Gasteiger partial charge in [0.25, 0.3) is 5.91 Å². The van der Waals surface area contributed by atoms with Crippen LogP contribution < -0.4 is 14.8 Å². The fourth-order valence-electron chi connectivity index (χ4n) is 3.19. The highest BCUT2D eigenvalue weighted by Gasteiger charge is 2.26. The molecule has 1 saturated heterocycles. The fourth-order valence-corrected chi connectivity index (χ4v) is 4.71. The first-order chi connectivity index (χ1) is 13.9. The Balaban J connectivity index is 1.52. The van der Waals surface area contributed by atoms with Crippen LogP contribution in [0.3, 0.4) is 0 Å². The van der Waals surface area contributed by atoms with Gasteiger partial charge in [-0.25, -0.2) is 8.42 Å². The molecular weight excluding hydrogens is 392 g/mol. The van der Waals surface area contributed by atoms with Gasteiger partial charge in [-0.2, -0.15) is 4.31 Å². The predicted octanol–water partition coefficient (Wildman–Crippen LogP) is 2.74. The molecule has 0 saturated carbocycles. The van der Waals surface area contributed by atoms with Gasteiger partial charge in [0.2, 0.25) is 10.0 Å². The molecule has 1 atom stereocenters. The minimum absolute atomic E-state index is 0.154. The molecule has 8 heteroatoms. The molecule has 1 amide bonds. The maximum atomic E-state index is 12.5. The van der Waals surface area contributed by atoms with Crippen LogP contribution >= 0.6 is 0 Å². The van der Waals surface area contributed by atoms with Gasteiger partial charge in [0, 0.05) is 13.1 Å². The lowest BCUT2D eigenvalue weighted by Gasteiger charge is -2.16. The zero-order valence-electron chi connectivity index (χ0n) is 16.6. The summed E-state index contributed by atoms with van der Waals surface area (Å²) in [5.41, 5.74) is 0.954. The Morgan fingerprint density at radius 3 is 2.21 bits per heavy atom. The third-order valence-electron chi connectivity index (χ3n) is 4.89. The van der Waals surface area contributed by atoms with Gasteiger partial charge in [0.15, 0.2) is 6.61 Å². The number of sulfonamides is 1. The SMILES string of the molecule is COc1ccc([C@H](C)NC(=O)COc2ccc(S(=O)(=O)N3CCCC3)cc2)cc1. The molecule has 0 bridgehead atoms. The van der Waals surface area contributed by atoms with Crippen LogP contribution in [0.1, 0.15) is 31.4 Å². The standard InChI is InChI=1S/C21H26N2O5S/c1-16(17-5-7-18(27-2)8-6-17)22-21(24)15-28-19-9-11-20(12-10-19)29(25,26)23-13-3-4-14-23/h5-12,16H,3-4,13-15H2,1-2H3,(H,22,24)/t16-/m0/s1. The van der Waals surface area contributed by atoms with Crippen molar-refractivity contribution in [3.63, 3.8) is 0 Å². The van der Waals surface area contributed by atoms with Crippen LogP contribution in [0.5, 0.6) is 11.5 Å². The number of hydrogen-bond acceptors (Lipinski definition) is 5. The lowest BCUT2D eigenvalue weighted by atomic mass is 10.1. The highest BCUT2D eigenvalue weighted by atomic mass is 32.2. The van der Waals surface area contributed by atoms with Crippen LogP contribution in [0, 0.1) is 0 Å². The van der Waals surface area contributed by atoms with Crippen LogP contribution in [0.4, 0.5) is 0 Å². The van der Waals surface area contributed by atoms with E-state index < -0.39 is 10.0 Å². The lowest BCUT2D eigenvalue weighted by molar-refractivity contribution is -0.123. The molecule has 0 aromatic heterocycles. The van der Waals surface area contributed by atoms with E-state index in [-0.39, 0.29) is 23.5 Å². The molecule has 1 aliphatic rings. The van der Waals surface area contributed by atoms with Gasteiger partial charge in [-0.1, -0.05) is 12.1 Å².